The lowest BCUT2D eigenvalue weighted by Crippen LogP contribution is -2.12. The Hall–Kier alpha value is -1.83. The number of halogens is 1. The number of fused-ring (bicyclic) bond motifs is 1. The van der Waals surface area contributed by atoms with E-state index in [2.05, 4.69) is 30.4 Å². The molecule has 2 aromatic rings. The van der Waals surface area contributed by atoms with Crippen LogP contribution in [0.25, 0.3) is 0 Å². The predicted molar refractivity (Wildman–Crippen MR) is 81.5 cm³/mol. The smallest absolute Gasteiger partial charge is 0.123 e. The highest BCUT2D eigenvalue weighted by Gasteiger charge is 2.14. The summed E-state index contributed by atoms with van der Waals surface area (Å²) in [6, 6.07) is 13.4. The Morgan fingerprint density at radius 2 is 1.85 bits per heavy atom. The van der Waals surface area contributed by atoms with Crippen LogP contribution >= 0.6 is 0 Å². The van der Waals surface area contributed by atoms with Crippen molar-refractivity contribution in [1.29, 1.82) is 0 Å². The maximum Gasteiger partial charge on any atom is 0.123 e. The topological polar surface area (TPSA) is 12.0 Å². The fraction of sp³-hybridized carbons (Fsp3) is 0.333. The first kappa shape index (κ1) is 13.2. The molecule has 0 radical (unpaired) electrons. The number of anilines is 1. The average molecular weight is 269 g/mol. The van der Waals surface area contributed by atoms with Gasteiger partial charge in [-0.05, 0) is 67.5 Å². The Balaban J connectivity index is 1.84. The third kappa shape index (κ3) is 2.69. The van der Waals surface area contributed by atoms with Gasteiger partial charge in [-0.3, -0.25) is 0 Å². The van der Waals surface area contributed by atoms with E-state index in [9.17, 15) is 4.39 Å². The van der Waals surface area contributed by atoms with Gasteiger partial charge in [-0.25, -0.2) is 4.39 Å². The Morgan fingerprint density at radius 1 is 1.05 bits per heavy atom. The molecule has 1 nitrogen and oxygen atoms in total. The molecule has 3 rings (SSSR count). The molecule has 0 saturated heterocycles. The van der Waals surface area contributed by atoms with Gasteiger partial charge in [-0.15, -0.1) is 0 Å². The van der Waals surface area contributed by atoms with Gasteiger partial charge in [0.25, 0.3) is 0 Å². The van der Waals surface area contributed by atoms with Crippen molar-refractivity contribution in [3.05, 3.63) is 65.0 Å². The maximum atomic E-state index is 13.3. The predicted octanol–water partition coefficient (Wildman–Crippen LogP) is 4.88. The van der Waals surface area contributed by atoms with Gasteiger partial charge in [0.15, 0.2) is 0 Å². The minimum Gasteiger partial charge on any atom is -0.378 e. The third-order valence-corrected chi connectivity index (χ3v) is 4.12. The summed E-state index contributed by atoms with van der Waals surface area (Å²) in [6.07, 6.45) is 4.88. The van der Waals surface area contributed by atoms with E-state index in [1.165, 1.54) is 42.1 Å². The summed E-state index contributed by atoms with van der Waals surface area (Å²) in [5.74, 6) is -0.175. The van der Waals surface area contributed by atoms with Crippen molar-refractivity contribution in [3.63, 3.8) is 0 Å². The van der Waals surface area contributed by atoms with Crippen LogP contribution in [0.2, 0.25) is 0 Å². The SMILES string of the molecule is CC(Nc1cccc2c1CCCC2)c1cccc(F)c1. The molecule has 1 N–H and O–H groups in total. The molecule has 1 unspecified atom stereocenters. The van der Waals surface area contributed by atoms with E-state index in [-0.39, 0.29) is 11.9 Å². The van der Waals surface area contributed by atoms with Crippen molar-refractivity contribution < 1.29 is 4.39 Å². The third-order valence-electron chi connectivity index (χ3n) is 4.12. The highest BCUT2D eigenvalue weighted by atomic mass is 19.1. The van der Waals surface area contributed by atoms with Gasteiger partial charge >= 0.3 is 0 Å². The fourth-order valence-electron chi connectivity index (χ4n) is 3.01. The number of rotatable bonds is 3. The van der Waals surface area contributed by atoms with E-state index < -0.39 is 0 Å². The lowest BCUT2D eigenvalue weighted by molar-refractivity contribution is 0.623. The van der Waals surface area contributed by atoms with E-state index in [0.717, 1.165) is 12.0 Å². The number of aryl methyl sites for hydroxylation is 1. The number of hydrogen-bond donors (Lipinski definition) is 1. The van der Waals surface area contributed by atoms with E-state index in [0.29, 0.717) is 0 Å². The average Bonchev–Trinajstić information content (AvgIpc) is 2.47. The van der Waals surface area contributed by atoms with Crippen molar-refractivity contribution >= 4 is 5.69 Å². The fourth-order valence-corrected chi connectivity index (χ4v) is 3.01. The standard InChI is InChI=1S/C18H20FN/c1-13(15-8-4-9-16(19)12-15)20-18-11-5-7-14-6-2-3-10-17(14)18/h4-5,7-9,11-13,20H,2-3,6,10H2,1H3. The zero-order chi connectivity index (χ0) is 13.9. The molecule has 0 amide bonds. The molecule has 2 aromatic carbocycles. The Bertz CT molecular complexity index is 606. The second kappa shape index (κ2) is 5.66. The van der Waals surface area contributed by atoms with Crippen LogP contribution in [0.5, 0.6) is 0 Å². The second-order valence-electron chi connectivity index (χ2n) is 5.57. The summed E-state index contributed by atoms with van der Waals surface area (Å²) in [4.78, 5) is 0. The van der Waals surface area contributed by atoms with E-state index >= 15 is 0 Å². The first-order chi connectivity index (χ1) is 9.74. The molecule has 1 aliphatic carbocycles. The van der Waals surface area contributed by atoms with Gasteiger partial charge in [0.1, 0.15) is 5.82 Å². The van der Waals surface area contributed by atoms with Gasteiger partial charge in [-0.1, -0.05) is 24.3 Å². The molecule has 0 aliphatic heterocycles. The first-order valence-electron chi connectivity index (χ1n) is 7.37. The van der Waals surface area contributed by atoms with Gasteiger partial charge in [0.05, 0.1) is 0 Å². The van der Waals surface area contributed by atoms with Crippen LogP contribution in [0.1, 0.15) is 42.5 Å². The van der Waals surface area contributed by atoms with Crippen molar-refractivity contribution in [1.82, 2.24) is 0 Å². The van der Waals surface area contributed by atoms with Crippen LogP contribution in [0, 0.1) is 5.82 Å². The molecule has 104 valence electrons. The highest BCUT2D eigenvalue weighted by molar-refractivity contribution is 5.56. The monoisotopic (exact) mass is 269 g/mol. The van der Waals surface area contributed by atoms with Crippen molar-refractivity contribution in [2.75, 3.05) is 5.32 Å². The zero-order valence-electron chi connectivity index (χ0n) is 11.8. The quantitative estimate of drug-likeness (QED) is 0.837. The molecule has 0 spiro atoms. The molecule has 0 heterocycles. The molecule has 0 bridgehead atoms. The van der Waals surface area contributed by atoms with Crippen LogP contribution < -0.4 is 5.32 Å². The van der Waals surface area contributed by atoms with E-state index in [1.54, 1.807) is 12.1 Å². The highest BCUT2D eigenvalue weighted by Crippen LogP contribution is 2.30. The molecule has 0 saturated carbocycles. The minimum atomic E-state index is -0.175. The summed E-state index contributed by atoms with van der Waals surface area (Å²) >= 11 is 0. The Morgan fingerprint density at radius 3 is 2.70 bits per heavy atom. The van der Waals surface area contributed by atoms with Gasteiger partial charge in [0, 0.05) is 11.7 Å². The molecule has 0 aromatic heterocycles. The van der Waals surface area contributed by atoms with Gasteiger partial charge in [0.2, 0.25) is 0 Å². The maximum absolute atomic E-state index is 13.3. The van der Waals surface area contributed by atoms with Crippen LogP contribution in [0.15, 0.2) is 42.5 Å². The van der Waals surface area contributed by atoms with Gasteiger partial charge < -0.3 is 5.32 Å². The number of hydrogen-bond acceptors (Lipinski definition) is 1. The molecular weight excluding hydrogens is 249 g/mol. The molecule has 0 fully saturated rings. The molecule has 2 heteroatoms. The second-order valence-corrected chi connectivity index (χ2v) is 5.57. The summed E-state index contributed by atoms with van der Waals surface area (Å²) in [5, 5.41) is 3.55. The summed E-state index contributed by atoms with van der Waals surface area (Å²) < 4.78 is 13.3. The van der Waals surface area contributed by atoms with Crippen LogP contribution in [-0.4, -0.2) is 0 Å². The number of benzene rings is 2. The van der Waals surface area contributed by atoms with Gasteiger partial charge in [-0.2, -0.15) is 0 Å². The Kier molecular flexibility index (Phi) is 3.72. The molecule has 1 aliphatic rings. The summed E-state index contributed by atoms with van der Waals surface area (Å²) in [6.45, 7) is 2.08. The molecular formula is C18H20FN. The largest absolute Gasteiger partial charge is 0.378 e. The first-order valence-corrected chi connectivity index (χ1v) is 7.37. The van der Waals surface area contributed by atoms with Crippen molar-refractivity contribution in [2.24, 2.45) is 0 Å². The van der Waals surface area contributed by atoms with Crippen molar-refractivity contribution in [3.8, 4) is 0 Å². The zero-order valence-corrected chi connectivity index (χ0v) is 11.8. The summed E-state index contributed by atoms with van der Waals surface area (Å²) in [5.41, 5.74) is 5.10. The lowest BCUT2D eigenvalue weighted by atomic mass is 9.90. The number of nitrogens with one attached hydrogen (secondary N) is 1. The van der Waals surface area contributed by atoms with Crippen LogP contribution in [-0.2, 0) is 12.8 Å². The molecule has 20 heavy (non-hydrogen) atoms. The van der Waals surface area contributed by atoms with E-state index in [1.807, 2.05) is 6.07 Å². The van der Waals surface area contributed by atoms with Crippen molar-refractivity contribution in [2.45, 2.75) is 38.6 Å². The summed E-state index contributed by atoms with van der Waals surface area (Å²) in [7, 11) is 0. The molecule has 1 atom stereocenters. The van der Waals surface area contributed by atoms with Crippen LogP contribution in [0.3, 0.4) is 0 Å². The van der Waals surface area contributed by atoms with Crippen LogP contribution in [0.4, 0.5) is 10.1 Å². The lowest BCUT2D eigenvalue weighted by Gasteiger charge is -2.23. The minimum absolute atomic E-state index is 0.110. The normalized spacial score (nSPS) is 15.5. The van der Waals surface area contributed by atoms with E-state index in [4.69, 9.17) is 0 Å². The Labute approximate surface area is 119 Å².